The Morgan fingerprint density at radius 2 is 1.79 bits per heavy atom. The molecule has 1 atom stereocenters. The molecule has 0 fully saturated rings. The average Bonchev–Trinajstić information content (AvgIpc) is 2.73. The Hall–Kier alpha value is -2.66. The predicted octanol–water partition coefficient (Wildman–Crippen LogP) is 3.25. The van der Waals surface area contributed by atoms with Crippen molar-refractivity contribution in [1.82, 2.24) is 10.2 Å². The lowest BCUT2D eigenvalue weighted by Crippen LogP contribution is -2.44. The van der Waals surface area contributed by atoms with Crippen LogP contribution in [-0.2, 0) is 17.6 Å². The first-order valence-electron chi connectivity index (χ1n) is 10.0. The SMILES string of the molecule is CCCN(CC(=O)Nc1ccc(C(=O)NC)cc1)C1CCc2ccccc2C1. The van der Waals surface area contributed by atoms with Crippen molar-refractivity contribution in [3.63, 3.8) is 0 Å². The van der Waals surface area contributed by atoms with E-state index in [1.54, 1.807) is 31.3 Å². The summed E-state index contributed by atoms with van der Waals surface area (Å²) < 4.78 is 0. The van der Waals surface area contributed by atoms with E-state index in [0.29, 0.717) is 23.8 Å². The molecule has 2 aromatic rings. The zero-order valence-electron chi connectivity index (χ0n) is 16.7. The van der Waals surface area contributed by atoms with Gasteiger partial charge in [-0.1, -0.05) is 31.2 Å². The highest BCUT2D eigenvalue weighted by Crippen LogP contribution is 2.24. The molecule has 0 heterocycles. The molecule has 5 heteroatoms. The molecular formula is C23H29N3O2. The van der Waals surface area contributed by atoms with Crippen molar-refractivity contribution in [2.24, 2.45) is 0 Å². The third kappa shape index (κ3) is 4.98. The van der Waals surface area contributed by atoms with Gasteiger partial charge in [-0.2, -0.15) is 0 Å². The Labute approximate surface area is 167 Å². The van der Waals surface area contributed by atoms with Crippen LogP contribution in [0.4, 0.5) is 5.69 Å². The van der Waals surface area contributed by atoms with Crippen molar-refractivity contribution in [3.8, 4) is 0 Å². The van der Waals surface area contributed by atoms with Crippen LogP contribution in [0.5, 0.6) is 0 Å². The smallest absolute Gasteiger partial charge is 0.251 e. The Balaban J connectivity index is 1.61. The maximum atomic E-state index is 12.6. The lowest BCUT2D eigenvalue weighted by molar-refractivity contribution is -0.118. The number of rotatable bonds is 7. The van der Waals surface area contributed by atoms with Crippen LogP contribution in [0.25, 0.3) is 0 Å². The van der Waals surface area contributed by atoms with Crippen molar-refractivity contribution in [2.75, 3.05) is 25.5 Å². The molecule has 0 spiro atoms. The topological polar surface area (TPSA) is 61.4 Å². The summed E-state index contributed by atoms with van der Waals surface area (Å²) in [6, 6.07) is 16.0. The van der Waals surface area contributed by atoms with Crippen LogP contribution in [0.2, 0.25) is 0 Å². The zero-order valence-corrected chi connectivity index (χ0v) is 16.7. The van der Waals surface area contributed by atoms with Gasteiger partial charge >= 0.3 is 0 Å². The van der Waals surface area contributed by atoms with E-state index in [4.69, 9.17) is 0 Å². The fraction of sp³-hybridized carbons (Fsp3) is 0.391. The molecule has 1 aliphatic carbocycles. The molecular weight excluding hydrogens is 350 g/mol. The number of fused-ring (bicyclic) bond motifs is 1. The summed E-state index contributed by atoms with van der Waals surface area (Å²) in [5.41, 5.74) is 4.14. The molecule has 2 N–H and O–H groups in total. The van der Waals surface area contributed by atoms with Gasteiger partial charge in [0.25, 0.3) is 5.91 Å². The molecule has 0 saturated carbocycles. The molecule has 0 aliphatic heterocycles. The fourth-order valence-corrected chi connectivity index (χ4v) is 3.90. The van der Waals surface area contributed by atoms with Crippen LogP contribution < -0.4 is 10.6 Å². The van der Waals surface area contributed by atoms with Crippen molar-refractivity contribution >= 4 is 17.5 Å². The molecule has 148 valence electrons. The van der Waals surface area contributed by atoms with Crippen LogP contribution in [-0.4, -0.2) is 42.9 Å². The number of benzene rings is 2. The number of aryl methyl sites for hydroxylation is 1. The van der Waals surface area contributed by atoms with Gasteiger partial charge < -0.3 is 10.6 Å². The lowest BCUT2D eigenvalue weighted by atomic mass is 9.87. The minimum atomic E-state index is -0.135. The summed E-state index contributed by atoms with van der Waals surface area (Å²) in [6.45, 7) is 3.45. The summed E-state index contributed by atoms with van der Waals surface area (Å²) in [5, 5.41) is 5.55. The van der Waals surface area contributed by atoms with E-state index in [1.165, 1.54) is 11.1 Å². The second-order valence-electron chi connectivity index (χ2n) is 7.34. The normalized spacial score (nSPS) is 15.8. The van der Waals surface area contributed by atoms with Gasteiger partial charge in [0.05, 0.1) is 6.54 Å². The van der Waals surface area contributed by atoms with Gasteiger partial charge in [0.2, 0.25) is 5.91 Å². The van der Waals surface area contributed by atoms with Crippen LogP contribution in [0.3, 0.4) is 0 Å². The minimum Gasteiger partial charge on any atom is -0.355 e. The molecule has 2 aromatic carbocycles. The maximum absolute atomic E-state index is 12.6. The van der Waals surface area contributed by atoms with E-state index in [2.05, 4.69) is 46.7 Å². The summed E-state index contributed by atoms with van der Waals surface area (Å²) in [4.78, 5) is 26.6. The van der Waals surface area contributed by atoms with Gasteiger partial charge in [0.15, 0.2) is 0 Å². The van der Waals surface area contributed by atoms with Crippen molar-refractivity contribution in [3.05, 3.63) is 65.2 Å². The Morgan fingerprint density at radius 3 is 2.46 bits per heavy atom. The third-order valence-corrected chi connectivity index (χ3v) is 5.35. The third-order valence-electron chi connectivity index (χ3n) is 5.35. The van der Waals surface area contributed by atoms with E-state index >= 15 is 0 Å². The molecule has 28 heavy (non-hydrogen) atoms. The van der Waals surface area contributed by atoms with Gasteiger partial charge in [-0.05, 0) is 67.6 Å². The molecule has 0 bridgehead atoms. The van der Waals surface area contributed by atoms with Gasteiger partial charge in [0.1, 0.15) is 0 Å². The van der Waals surface area contributed by atoms with Crippen LogP contribution in [0.15, 0.2) is 48.5 Å². The summed E-state index contributed by atoms with van der Waals surface area (Å²) in [5.74, 6) is -0.149. The number of carbonyl (C=O) groups excluding carboxylic acids is 2. The molecule has 0 radical (unpaired) electrons. The quantitative estimate of drug-likeness (QED) is 0.776. The number of anilines is 1. The summed E-state index contributed by atoms with van der Waals surface area (Å²) in [6.07, 6.45) is 4.19. The number of amides is 2. The first kappa shape index (κ1) is 20.1. The number of nitrogens with zero attached hydrogens (tertiary/aromatic N) is 1. The Kier molecular flexibility index (Phi) is 6.82. The Bertz CT molecular complexity index is 817. The maximum Gasteiger partial charge on any atom is 0.251 e. The van der Waals surface area contributed by atoms with E-state index in [9.17, 15) is 9.59 Å². The number of hydrogen-bond acceptors (Lipinski definition) is 3. The molecule has 5 nitrogen and oxygen atoms in total. The van der Waals surface area contributed by atoms with E-state index in [0.717, 1.165) is 32.2 Å². The highest BCUT2D eigenvalue weighted by atomic mass is 16.2. The molecule has 1 aliphatic rings. The van der Waals surface area contributed by atoms with E-state index in [1.807, 2.05) is 0 Å². The fourth-order valence-electron chi connectivity index (χ4n) is 3.90. The van der Waals surface area contributed by atoms with Crippen LogP contribution in [0.1, 0.15) is 41.3 Å². The van der Waals surface area contributed by atoms with Crippen molar-refractivity contribution in [2.45, 2.75) is 38.6 Å². The first-order valence-corrected chi connectivity index (χ1v) is 10.0. The number of hydrogen-bond donors (Lipinski definition) is 2. The minimum absolute atomic E-state index is 0.0139. The molecule has 0 saturated heterocycles. The summed E-state index contributed by atoms with van der Waals surface area (Å²) >= 11 is 0. The second kappa shape index (κ2) is 9.51. The van der Waals surface area contributed by atoms with Crippen LogP contribution in [0, 0.1) is 0 Å². The van der Waals surface area contributed by atoms with Gasteiger partial charge in [-0.3, -0.25) is 14.5 Å². The van der Waals surface area contributed by atoms with Gasteiger partial charge in [0, 0.05) is 24.3 Å². The van der Waals surface area contributed by atoms with Crippen molar-refractivity contribution < 1.29 is 9.59 Å². The standard InChI is InChI=1S/C23H29N3O2/c1-3-14-26(21-13-10-17-6-4-5-7-19(17)15-21)16-22(27)25-20-11-8-18(9-12-20)23(28)24-2/h4-9,11-12,21H,3,10,13-16H2,1-2H3,(H,24,28)(H,25,27). The molecule has 3 rings (SSSR count). The molecule has 2 amide bonds. The monoisotopic (exact) mass is 379 g/mol. The summed E-state index contributed by atoms with van der Waals surface area (Å²) in [7, 11) is 1.60. The predicted molar refractivity (Wildman–Crippen MR) is 113 cm³/mol. The average molecular weight is 380 g/mol. The highest BCUT2D eigenvalue weighted by Gasteiger charge is 2.25. The second-order valence-corrected chi connectivity index (χ2v) is 7.34. The largest absolute Gasteiger partial charge is 0.355 e. The van der Waals surface area contributed by atoms with Gasteiger partial charge in [-0.25, -0.2) is 0 Å². The highest BCUT2D eigenvalue weighted by molar-refractivity contribution is 5.96. The number of carbonyl (C=O) groups is 2. The van der Waals surface area contributed by atoms with E-state index in [-0.39, 0.29) is 11.8 Å². The number of nitrogens with one attached hydrogen (secondary N) is 2. The van der Waals surface area contributed by atoms with Crippen LogP contribution >= 0.6 is 0 Å². The Morgan fingerprint density at radius 1 is 1.07 bits per heavy atom. The van der Waals surface area contributed by atoms with Gasteiger partial charge in [-0.15, -0.1) is 0 Å². The zero-order chi connectivity index (χ0) is 19.9. The molecule has 1 unspecified atom stereocenters. The first-order chi connectivity index (χ1) is 13.6. The lowest BCUT2D eigenvalue weighted by Gasteiger charge is -2.34. The molecule has 0 aromatic heterocycles. The van der Waals surface area contributed by atoms with Crippen molar-refractivity contribution in [1.29, 1.82) is 0 Å². The van der Waals surface area contributed by atoms with E-state index < -0.39 is 0 Å².